The minimum Gasteiger partial charge on any atom is -0.464 e. The highest BCUT2D eigenvalue weighted by molar-refractivity contribution is 9.10. The van der Waals surface area contributed by atoms with Gasteiger partial charge >= 0.3 is 5.97 Å². The van der Waals surface area contributed by atoms with E-state index in [0.717, 1.165) is 10.2 Å². The predicted molar refractivity (Wildman–Crippen MR) is 59.8 cm³/mol. The molecule has 0 N–H and O–H groups in total. The van der Waals surface area contributed by atoms with Crippen molar-refractivity contribution in [3.63, 3.8) is 0 Å². The molecule has 88 valence electrons. The quantitative estimate of drug-likeness (QED) is 0.774. The van der Waals surface area contributed by atoms with E-state index < -0.39 is 6.10 Å². The minimum atomic E-state index is -0.478. The lowest BCUT2D eigenvalue weighted by Crippen LogP contribution is -2.26. The van der Waals surface area contributed by atoms with Gasteiger partial charge < -0.3 is 9.47 Å². The maximum atomic E-state index is 11.5. The molecule has 1 aliphatic rings. The molecule has 0 saturated carbocycles. The van der Waals surface area contributed by atoms with Crippen LogP contribution in [-0.2, 0) is 27.4 Å². The van der Waals surface area contributed by atoms with E-state index in [1.54, 1.807) is 13.1 Å². The Kier molecular flexibility index (Phi) is 3.60. The molecule has 6 heteroatoms. The highest BCUT2D eigenvalue weighted by Gasteiger charge is 2.25. The Hall–Kier alpha value is -0.880. The molecule has 5 nitrogen and oxygen atoms in total. The third kappa shape index (κ3) is 2.27. The number of esters is 1. The minimum absolute atomic E-state index is 0.288. The van der Waals surface area contributed by atoms with Gasteiger partial charge in [0.05, 0.1) is 29.6 Å². The zero-order chi connectivity index (χ0) is 11.5. The van der Waals surface area contributed by atoms with Crippen LogP contribution in [0.1, 0.15) is 19.0 Å². The molecule has 0 radical (unpaired) electrons. The van der Waals surface area contributed by atoms with E-state index in [0.29, 0.717) is 26.2 Å². The molecular weight excluding hydrogens is 276 g/mol. The first-order valence-corrected chi connectivity index (χ1v) is 6.00. The molecule has 2 rings (SSSR count). The van der Waals surface area contributed by atoms with Crippen LogP contribution in [0, 0.1) is 0 Å². The smallest absolute Gasteiger partial charge is 0.335 e. The van der Waals surface area contributed by atoms with Crippen molar-refractivity contribution >= 4 is 21.9 Å². The molecule has 0 spiro atoms. The third-order valence-electron chi connectivity index (χ3n) is 2.47. The van der Waals surface area contributed by atoms with Crippen LogP contribution in [0.2, 0.25) is 0 Å². The average molecular weight is 289 g/mol. The fraction of sp³-hybridized carbons (Fsp3) is 0.600. The zero-order valence-electron chi connectivity index (χ0n) is 8.98. The van der Waals surface area contributed by atoms with Crippen molar-refractivity contribution in [2.75, 3.05) is 6.61 Å². The van der Waals surface area contributed by atoms with Crippen molar-refractivity contribution in [2.45, 2.75) is 32.6 Å². The summed E-state index contributed by atoms with van der Waals surface area (Å²) in [4.78, 5) is 11.5. The number of carbonyl (C=O) groups excluding carboxylic acids is 1. The molecule has 16 heavy (non-hydrogen) atoms. The molecule has 0 amide bonds. The first-order chi connectivity index (χ1) is 7.72. The Balaban J connectivity index is 2.05. The normalized spacial score (nSPS) is 20.0. The van der Waals surface area contributed by atoms with E-state index in [4.69, 9.17) is 9.47 Å². The van der Waals surface area contributed by atoms with Gasteiger partial charge in [0.15, 0.2) is 6.10 Å². The van der Waals surface area contributed by atoms with Gasteiger partial charge in [0, 0.05) is 13.0 Å². The highest BCUT2D eigenvalue weighted by atomic mass is 79.9. The Morgan fingerprint density at radius 2 is 2.62 bits per heavy atom. The number of aryl methyl sites for hydroxylation is 1. The maximum Gasteiger partial charge on any atom is 0.335 e. The Morgan fingerprint density at radius 3 is 3.38 bits per heavy atom. The number of hydrogen-bond acceptors (Lipinski definition) is 4. The van der Waals surface area contributed by atoms with Crippen LogP contribution in [0.15, 0.2) is 10.7 Å². The van der Waals surface area contributed by atoms with Crippen molar-refractivity contribution in [2.24, 2.45) is 0 Å². The lowest BCUT2D eigenvalue weighted by molar-refractivity contribution is -0.157. The number of nitrogens with zero attached hydrogens (tertiary/aromatic N) is 2. The van der Waals surface area contributed by atoms with Gasteiger partial charge in [-0.3, -0.25) is 4.68 Å². The topological polar surface area (TPSA) is 53.4 Å². The summed E-state index contributed by atoms with van der Waals surface area (Å²) in [6.45, 7) is 3.22. The number of ether oxygens (including phenoxy) is 2. The summed E-state index contributed by atoms with van der Waals surface area (Å²) in [5.41, 5.74) is 0.965. The van der Waals surface area contributed by atoms with Crippen LogP contribution in [0.3, 0.4) is 0 Å². The summed E-state index contributed by atoms with van der Waals surface area (Å²) in [5, 5.41) is 4.19. The number of fused-ring (bicyclic) bond motifs is 1. The molecule has 1 aliphatic heterocycles. The lowest BCUT2D eigenvalue weighted by atomic mass is 10.2. The monoisotopic (exact) mass is 288 g/mol. The Morgan fingerprint density at radius 1 is 1.81 bits per heavy atom. The van der Waals surface area contributed by atoms with Crippen molar-refractivity contribution < 1.29 is 14.3 Å². The van der Waals surface area contributed by atoms with Gasteiger partial charge in [0.2, 0.25) is 0 Å². The summed E-state index contributed by atoms with van der Waals surface area (Å²) in [6, 6.07) is 0. The van der Waals surface area contributed by atoms with Crippen molar-refractivity contribution in [1.29, 1.82) is 0 Å². The van der Waals surface area contributed by atoms with Crippen molar-refractivity contribution in [3.05, 3.63) is 16.4 Å². The maximum absolute atomic E-state index is 11.5. The van der Waals surface area contributed by atoms with Crippen LogP contribution in [0.25, 0.3) is 0 Å². The second kappa shape index (κ2) is 4.97. The van der Waals surface area contributed by atoms with Gasteiger partial charge in [-0.05, 0) is 22.9 Å². The second-order valence-corrected chi connectivity index (χ2v) is 4.36. The van der Waals surface area contributed by atoms with Crippen LogP contribution in [0.5, 0.6) is 0 Å². The zero-order valence-corrected chi connectivity index (χ0v) is 10.6. The second-order valence-electron chi connectivity index (χ2n) is 3.50. The first-order valence-electron chi connectivity index (χ1n) is 5.20. The molecule has 0 aliphatic carbocycles. The number of carbonyl (C=O) groups is 1. The summed E-state index contributed by atoms with van der Waals surface area (Å²) in [5.74, 6) is -0.288. The predicted octanol–water partition coefficient (Wildman–Crippen LogP) is 1.50. The van der Waals surface area contributed by atoms with Crippen LogP contribution in [-0.4, -0.2) is 28.5 Å². The van der Waals surface area contributed by atoms with E-state index in [1.165, 1.54) is 0 Å². The molecule has 0 bridgehead atoms. The Bertz CT molecular complexity index is 391. The van der Waals surface area contributed by atoms with E-state index in [2.05, 4.69) is 21.0 Å². The molecule has 1 aromatic rings. The van der Waals surface area contributed by atoms with Crippen LogP contribution < -0.4 is 0 Å². The van der Waals surface area contributed by atoms with Gasteiger partial charge in [0.25, 0.3) is 0 Å². The molecule has 1 unspecified atom stereocenters. The van der Waals surface area contributed by atoms with E-state index in [9.17, 15) is 4.79 Å². The molecule has 0 aromatic carbocycles. The number of halogens is 1. The highest BCUT2D eigenvalue weighted by Crippen LogP contribution is 2.21. The Labute approximate surface area is 102 Å². The van der Waals surface area contributed by atoms with Crippen LogP contribution >= 0.6 is 15.9 Å². The van der Waals surface area contributed by atoms with E-state index in [1.807, 2.05) is 4.68 Å². The summed E-state index contributed by atoms with van der Waals surface area (Å²) >= 11 is 3.39. The SMILES string of the molecule is CCOC(=O)C1CCn2ncc(Br)c2CO1. The van der Waals surface area contributed by atoms with Crippen LogP contribution in [0.4, 0.5) is 0 Å². The van der Waals surface area contributed by atoms with Gasteiger partial charge in [0.1, 0.15) is 0 Å². The lowest BCUT2D eigenvalue weighted by Gasteiger charge is -2.12. The number of rotatable bonds is 2. The van der Waals surface area contributed by atoms with E-state index in [-0.39, 0.29) is 5.97 Å². The fourth-order valence-electron chi connectivity index (χ4n) is 1.65. The summed E-state index contributed by atoms with van der Waals surface area (Å²) in [6.07, 6.45) is 1.86. The molecule has 1 aromatic heterocycles. The van der Waals surface area contributed by atoms with E-state index >= 15 is 0 Å². The number of aromatic nitrogens is 2. The third-order valence-corrected chi connectivity index (χ3v) is 3.13. The molecule has 1 atom stereocenters. The number of hydrogen-bond donors (Lipinski definition) is 0. The van der Waals surface area contributed by atoms with Crippen molar-refractivity contribution in [3.8, 4) is 0 Å². The summed E-state index contributed by atoms with van der Waals surface area (Å²) < 4.78 is 13.2. The van der Waals surface area contributed by atoms with Gasteiger partial charge in [-0.1, -0.05) is 0 Å². The molecular formula is C10H13BrN2O3. The van der Waals surface area contributed by atoms with Gasteiger partial charge in [-0.15, -0.1) is 0 Å². The molecule has 0 fully saturated rings. The summed E-state index contributed by atoms with van der Waals surface area (Å²) in [7, 11) is 0. The molecule has 0 saturated heterocycles. The van der Waals surface area contributed by atoms with Gasteiger partial charge in [-0.25, -0.2) is 4.79 Å². The van der Waals surface area contributed by atoms with Crippen molar-refractivity contribution in [1.82, 2.24) is 9.78 Å². The van der Waals surface area contributed by atoms with Gasteiger partial charge in [-0.2, -0.15) is 5.10 Å². The molecule has 2 heterocycles. The fourth-order valence-corrected chi connectivity index (χ4v) is 2.06. The standard InChI is InChI=1S/C10H13BrN2O3/c1-2-15-10(14)9-3-4-13-8(6-16-9)7(11)5-12-13/h5,9H,2-4,6H2,1H3. The first kappa shape index (κ1) is 11.6. The average Bonchev–Trinajstić information content (AvgIpc) is 2.51. The largest absolute Gasteiger partial charge is 0.464 e.